The van der Waals surface area contributed by atoms with Crippen LogP contribution in [0.5, 0.6) is 5.75 Å². The first kappa shape index (κ1) is 15.1. The highest BCUT2D eigenvalue weighted by Crippen LogP contribution is 2.32. The maximum Gasteiger partial charge on any atom is 0.573 e. The van der Waals surface area contributed by atoms with E-state index in [4.69, 9.17) is 0 Å². The number of halogens is 4. The van der Waals surface area contributed by atoms with Gasteiger partial charge in [-0.15, -0.1) is 13.2 Å². The van der Waals surface area contributed by atoms with Crippen LogP contribution in [-0.2, 0) is 0 Å². The van der Waals surface area contributed by atoms with Gasteiger partial charge in [-0.1, -0.05) is 12.1 Å². The SMILES string of the molecule is CC(Nc1ccccc1OC(F)(F)F)c1ccc(F)cn1. The van der Waals surface area contributed by atoms with Crippen LogP contribution in [0.25, 0.3) is 0 Å². The molecular formula is C14H12F4N2O. The van der Waals surface area contributed by atoms with Gasteiger partial charge in [-0.05, 0) is 31.2 Å². The molecule has 0 radical (unpaired) electrons. The summed E-state index contributed by atoms with van der Waals surface area (Å²) in [5, 5.41) is 2.86. The van der Waals surface area contributed by atoms with Crippen LogP contribution in [0.15, 0.2) is 42.6 Å². The Hall–Kier alpha value is -2.31. The van der Waals surface area contributed by atoms with Crippen molar-refractivity contribution < 1.29 is 22.3 Å². The third-order valence-corrected chi connectivity index (χ3v) is 2.68. The lowest BCUT2D eigenvalue weighted by Crippen LogP contribution is -2.18. The molecule has 1 aromatic heterocycles. The predicted molar refractivity (Wildman–Crippen MR) is 69.4 cm³/mol. The Kier molecular flexibility index (Phi) is 4.30. The summed E-state index contributed by atoms with van der Waals surface area (Å²) in [4.78, 5) is 3.88. The van der Waals surface area contributed by atoms with E-state index in [-0.39, 0.29) is 11.4 Å². The van der Waals surface area contributed by atoms with Crippen LogP contribution in [0.4, 0.5) is 23.2 Å². The minimum absolute atomic E-state index is 0.174. The van der Waals surface area contributed by atoms with Crippen LogP contribution in [0.2, 0.25) is 0 Å². The highest BCUT2D eigenvalue weighted by atomic mass is 19.4. The summed E-state index contributed by atoms with van der Waals surface area (Å²) in [6, 6.07) is 7.97. The number of aromatic nitrogens is 1. The molecular weight excluding hydrogens is 288 g/mol. The van der Waals surface area contributed by atoms with Gasteiger partial charge in [0.2, 0.25) is 0 Å². The Labute approximate surface area is 118 Å². The van der Waals surface area contributed by atoms with Gasteiger partial charge in [0.25, 0.3) is 0 Å². The first-order chi connectivity index (χ1) is 9.85. The largest absolute Gasteiger partial charge is 0.573 e. The number of anilines is 1. The molecule has 112 valence electrons. The van der Waals surface area contributed by atoms with E-state index in [1.54, 1.807) is 13.0 Å². The molecule has 1 atom stereocenters. The van der Waals surface area contributed by atoms with Crippen molar-refractivity contribution in [2.24, 2.45) is 0 Å². The summed E-state index contributed by atoms with van der Waals surface area (Å²) >= 11 is 0. The molecule has 0 aliphatic carbocycles. The summed E-state index contributed by atoms with van der Waals surface area (Å²) in [7, 11) is 0. The monoisotopic (exact) mass is 300 g/mol. The second kappa shape index (κ2) is 5.99. The second-order valence-corrected chi connectivity index (χ2v) is 4.31. The number of rotatable bonds is 4. The van der Waals surface area contributed by atoms with Gasteiger partial charge in [0.05, 0.1) is 23.6 Å². The molecule has 1 heterocycles. The zero-order valence-corrected chi connectivity index (χ0v) is 11.0. The van der Waals surface area contributed by atoms with Crippen molar-refractivity contribution in [2.75, 3.05) is 5.32 Å². The molecule has 2 aromatic rings. The van der Waals surface area contributed by atoms with Crippen LogP contribution < -0.4 is 10.1 Å². The molecule has 0 amide bonds. The van der Waals surface area contributed by atoms with Crippen molar-refractivity contribution in [3.8, 4) is 5.75 Å². The van der Waals surface area contributed by atoms with Crippen LogP contribution >= 0.6 is 0 Å². The molecule has 7 heteroatoms. The smallest absolute Gasteiger partial charge is 0.404 e. The van der Waals surface area contributed by atoms with Gasteiger partial charge in [-0.2, -0.15) is 0 Å². The topological polar surface area (TPSA) is 34.1 Å². The Morgan fingerprint density at radius 3 is 2.48 bits per heavy atom. The van der Waals surface area contributed by atoms with Gasteiger partial charge >= 0.3 is 6.36 Å². The first-order valence-electron chi connectivity index (χ1n) is 6.08. The molecule has 0 aliphatic heterocycles. The number of para-hydroxylation sites is 2. The van der Waals surface area contributed by atoms with Crippen molar-refractivity contribution in [3.05, 3.63) is 54.1 Å². The lowest BCUT2D eigenvalue weighted by atomic mass is 10.2. The van der Waals surface area contributed by atoms with E-state index >= 15 is 0 Å². The minimum atomic E-state index is -4.77. The number of hydrogen-bond acceptors (Lipinski definition) is 3. The minimum Gasteiger partial charge on any atom is -0.404 e. The summed E-state index contributed by atoms with van der Waals surface area (Å²) in [5.41, 5.74) is 0.673. The molecule has 2 rings (SSSR count). The van der Waals surface area contributed by atoms with E-state index < -0.39 is 18.2 Å². The Balaban J connectivity index is 2.17. The van der Waals surface area contributed by atoms with Gasteiger partial charge in [-0.25, -0.2) is 4.39 Å². The maximum atomic E-state index is 12.8. The molecule has 0 bridgehead atoms. The van der Waals surface area contributed by atoms with Gasteiger partial charge in [0.15, 0.2) is 5.75 Å². The van der Waals surface area contributed by atoms with Crippen LogP contribution in [0.1, 0.15) is 18.7 Å². The molecule has 0 fully saturated rings. The van der Waals surface area contributed by atoms with E-state index in [0.29, 0.717) is 5.69 Å². The van der Waals surface area contributed by atoms with Crippen molar-refractivity contribution in [1.82, 2.24) is 4.98 Å². The quantitative estimate of drug-likeness (QED) is 0.855. The second-order valence-electron chi connectivity index (χ2n) is 4.31. The van der Waals surface area contributed by atoms with Gasteiger partial charge in [0.1, 0.15) is 5.82 Å². The molecule has 1 aromatic carbocycles. The van der Waals surface area contributed by atoms with E-state index in [0.717, 1.165) is 6.20 Å². The average molecular weight is 300 g/mol. The molecule has 0 spiro atoms. The third-order valence-electron chi connectivity index (χ3n) is 2.68. The van der Waals surface area contributed by atoms with E-state index in [2.05, 4.69) is 15.0 Å². The average Bonchev–Trinajstić information content (AvgIpc) is 2.40. The lowest BCUT2D eigenvalue weighted by molar-refractivity contribution is -0.274. The van der Waals surface area contributed by atoms with Crippen molar-refractivity contribution >= 4 is 5.69 Å². The zero-order chi connectivity index (χ0) is 15.5. The normalized spacial score (nSPS) is 12.8. The predicted octanol–water partition coefficient (Wildman–Crippen LogP) is 4.29. The van der Waals surface area contributed by atoms with E-state index in [9.17, 15) is 17.6 Å². The Morgan fingerprint density at radius 1 is 1.14 bits per heavy atom. The Bertz CT molecular complexity index is 599. The molecule has 0 saturated heterocycles. The number of benzene rings is 1. The zero-order valence-electron chi connectivity index (χ0n) is 11.0. The van der Waals surface area contributed by atoms with Crippen molar-refractivity contribution in [3.63, 3.8) is 0 Å². The van der Waals surface area contributed by atoms with Gasteiger partial charge < -0.3 is 10.1 Å². The summed E-state index contributed by atoms with van der Waals surface area (Å²) in [6.45, 7) is 1.70. The van der Waals surface area contributed by atoms with Crippen molar-refractivity contribution in [1.29, 1.82) is 0 Å². The molecule has 21 heavy (non-hydrogen) atoms. The number of nitrogens with zero attached hydrogens (tertiary/aromatic N) is 1. The highest BCUT2D eigenvalue weighted by Gasteiger charge is 2.32. The number of ether oxygens (including phenoxy) is 1. The molecule has 1 unspecified atom stereocenters. The van der Waals surface area contributed by atoms with Crippen LogP contribution in [0, 0.1) is 5.82 Å². The number of hydrogen-bond donors (Lipinski definition) is 1. The van der Waals surface area contributed by atoms with Crippen molar-refractivity contribution in [2.45, 2.75) is 19.3 Å². The summed E-state index contributed by atoms with van der Waals surface area (Å²) in [5.74, 6) is -0.814. The molecule has 1 N–H and O–H groups in total. The standard InChI is InChI=1S/C14H12F4N2O/c1-9(11-7-6-10(15)8-19-11)20-12-4-2-3-5-13(12)21-14(16,17)18/h2-9,20H,1H3. The molecule has 3 nitrogen and oxygen atoms in total. The number of alkyl halides is 3. The third kappa shape index (κ3) is 4.34. The number of pyridine rings is 1. The van der Waals surface area contributed by atoms with Gasteiger partial charge in [-0.3, -0.25) is 4.98 Å². The van der Waals surface area contributed by atoms with E-state index in [1.165, 1.54) is 30.3 Å². The van der Waals surface area contributed by atoms with Crippen LogP contribution in [0.3, 0.4) is 0 Å². The fraction of sp³-hybridized carbons (Fsp3) is 0.214. The fourth-order valence-corrected chi connectivity index (χ4v) is 1.75. The molecule has 0 saturated carbocycles. The number of nitrogens with one attached hydrogen (secondary N) is 1. The maximum absolute atomic E-state index is 12.8. The lowest BCUT2D eigenvalue weighted by Gasteiger charge is -2.18. The first-order valence-corrected chi connectivity index (χ1v) is 6.08. The highest BCUT2D eigenvalue weighted by molar-refractivity contribution is 5.57. The van der Waals surface area contributed by atoms with Crippen LogP contribution in [-0.4, -0.2) is 11.3 Å². The fourth-order valence-electron chi connectivity index (χ4n) is 1.75. The molecule has 0 aliphatic rings. The Morgan fingerprint density at radius 2 is 1.86 bits per heavy atom. The van der Waals surface area contributed by atoms with E-state index in [1.807, 2.05) is 0 Å². The van der Waals surface area contributed by atoms with Gasteiger partial charge in [0, 0.05) is 0 Å². The summed E-state index contributed by atoms with van der Waals surface area (Å²) < 4.78 is 53.7. The summed E-state index contributed by atoms with van der Waals surface area (Å²) in [6.07, 6.45) is -3.72.